The number of fused-ring (bicyclic) bond motifs is 2. The zero-order valence-electron chi connectivity index (χ0n) is 13.1. The van der Waals surface area contributed by atoms with E-state index in [0.717, 1.165) is 31.4 Å². The van der Waals surface area contributed by atoms with Crippen LogP contribution in [-0.4, -0.2) is 23.0 Å². The molecular weight excluding hydrogens is 368 g/mol. The van der Waals surface area contributed by atoms with Crippen LogP contribution < -0.4 is 0 Å². The molecule has 0 amide bonds. The summed E-state index contributed by atoms with van der Waals surface area (Å²) in [6.07, 6.45) is 2.25. The fraction of sp³-hybridized carbons (Fsp3) is 0.316. The summed E-state index contributed by atoms with van der Waals surface area (Å²) in [5.74, 6) is 0. The number of rotatable bonds is 2. The standard InChI is InChI=1S/C19H19BrN2S/c1-13(15-3-5-19-18(11-15)21-12-23-19)22-8-6-14-2-4-17(20)10-16(14)7-9-22/h2-5,10-13H,6-9H2,1H3. The third kappa shape index (κ3) is 3.08. The average molecular weight is 387 g/mol. The number of hydrogen-bond donors (Lipinski definition) is 0. The number of aromatic nitrogens is 1. The van der Waals surface area contributed by atoms with Gasteiger partial charge in [0.25, 0.3) is 0 Å². The van der Waals surface area contributed by atoms with Gasteiger partial charge >= 0.3 is 0 Å². The van der Waals surface area contributed by atoms with E-state index >= 15 is 0 Å². The normalized spacial score (nSPS) is 17.0. The van der Waals surface area contributed by atoms with Crippen LogP contribution in [0.15, 0.2) is 46.4 Å². The van der Waals surface area contributed by atoms with E-state index in [4.69, 9.17) is 0 Å². The van der Waals surface area contributed by atoms with Crippen molar-refractivity contribution in [2.75, 3.05) is 13.1 Å². The predicted octanol–water partition coefficient (Wildman–Crippen LogP) is 5.22. The Kier molecular flexibility index (Phi) is 4.22. The fourth-order valence-electron chi connectivity index (χ4n) is 3.44. The number of nitrogens with zero attached hydrogens (tertiary/aromatic N) is 2. The Morgan fingerprint density at radius 3 is 2.78 bits per heavy atom. The van der Waals surface area contributed by atoms with Crippen LogP contribution in [0.1, 0.15) is 29.7 Å². The minimum absolute atomic E-state index is 0.429. The van der Waals surface area contributed by atoms with Gasteiger partial charge in [0.2, 0.25) is 0 Å². The number of thiazole rings is 1. The second-order valence-corrected chi connectivity index (χ2v) is 8.01. The van der Waals surface area contributed by atoms with Crippen molar-refractivity contribution in [3.63, 3.8) is 0 Å². The minimum Gasteiger partial charge on any atom is -0.296 e. The highest BCUT2D eigenvalue weighted by Crippen LogP contribution is 2.28. The summed E-state index contributed by atoms with van der Waals surface area (Å²) in [7, 11) is 0. The highest BCUT2D eigenvalue weighted by atomic mass is 79.9. The molecule has 0 spiro atoms. The molecule has 0 saturated carbocycles. The molecule has 2 aromatic carbocycles. The number of hydrogen-bond acceptors (Lipinski definition) is 3. The van der Waals surface area contributed by atoms with Crippen LogP contribution >= 0.6 is 27.3 Å². The van der Waals surface area contributed by atoms with Gasteiger partial charge in [-0.3, -0.25) is 4.90 Å². The Labute approximate surface area is 149 Å². The van der Waals surface area contributed by atoms with Crippen molar-refractivity contribution in [3.8, 4) is 0 Å². The van der Waals surface area contributed by atoms with Crippen molar-refractivity contribution in [2.24, 2.45) is 0 Å². The molecule has 23 heavy (non-hydrogen) atoms. The summed E-state index contributed by atoms with van der Waals surface area (Å²) in [5, 5.41) is 0. The van der Waals surface area contributed by atoms with Gasteiger partial charge < -0.3 is 0 Å². The SMILES string of the molecule is CC(c1ccc2scnc2c1)N1CCc2ccc(Br)cc2CC1. The molecule has 2 nitrogen and oxygen atoms in total. The Balaban J connectivity index is 1.56. The van der Waals surface area contributed by atoms with Crippen LogP contribution in [0.25, 0.3) is 10.2 Å². The number of benzene rings is 2. The molecule has 1 aliphatic rings. The maximum atomic E-state index is 4.46. The van der Waals surface area contributed by atoms with Crippen molar-refractivity contribution >= 4 is 37.5 Å². The summed E-state index contributed by atoms with van der Waals surface area (Å²) < 4.78 is 2.46. The lowest BCUT2D eigenvalue weighted by Gasteiger charge is -2.28. The van der Waals surface area contributed by atoms with E-state index < -0.39 is 0 Å². The molecule has 4 rings (SSSR count). The molecule has 0 N–H and O–H groups in total. The monoisotopic (exact) mass is 386 g/mol. The minimum atomic E-state index is 0.429. The lowest BCUT2D eigenvalue weighted by molar-refractivity contribution is 0.221. The van der Waals surface area contributed by atoms with Crippen LogP contribution in [0.3, 0.4) is 0 Å². The van der Waals surface area contributed by atoms with Gasteiger partial charge in [0.15, 0.2) is 0 Å². The van der Waals surface area contributed by atoms with E-state index in [-0.39, 0.29) is 0 Å². The zero-order chi connectivity index (χ0) is 15.8. The van der Waals surface area contributed by atoms with Crippen LogP contribution in [-0.2, 0) is 12.8 Å². The predicted molar refractivity (Wildman–Crippen MR) is 101 cm³/mol. The molecule has 1 aliphatic heterocycles. The van der Waals surface area contributed by atoms with Crippen LogP contribution in [0, 0.1) is 0 Å². The Morgan fingerprint density at radius 1 is 1.09 bits per heavy atom. The second-order valence-electron chi connectivity index (χ2n) is 6.20. The highest BCUT2D eigenvalue weighted by molar-refractivity contribution is 9.10. The van der Waals surface area contributed by atoms with E-state index in [2.05, 4.69) is 69.1 Å². The molecule has 0 bridgehead atoms. The van der Waals surface area contributed by atoms with Crippen molar-refractivity contribution < 1.29 is 0 Å². The smallest absolute Gasteiger partial charge is 0.0815 e. The Bertz CT molecular complexity index is 842. The van der Waals surface area contributed by atoms with Gasteiger partial charge in [-0.1, -0.05) is 28.1 Å². The van der Waals surface area contributed by atoms with Gasteiger partial charge in [0.1, 0.15) is 0 Å². The van der Waals surface area contributed by atoms with E-state index in [0.29, 0.717) is 6.04 Å². The molecule has 0 saturated heterocycles. The van der Waals surface area contributed by atoms with Gasteiger partial charge in [-0.25, -0.2) is 4.98 Å². The topological polar surface area (TPSA) is 16.1 Å². The Hall–Kier alpha value is -1.23. The molecule has 118 valence electrons. The third-order valence-electron chi connectivity index (χ3n) is 4.89. The van der Waals surface area contributed by atoms with Crippen molar-refractivity contribution in [1.29, 1.82) is 0 Å². The fourth-order valence-corrected chi connectivity index (χ4v) is 4.51. The van der Waals surface area contributed by atoms with Gasteiger partial charge in [-0.15, -0.1) is 11.3 Å². The van der Waals surface area contributed by atoms with Crippen LogP contribution in [0.5, 0.6) is 0 Å². The maximum absolute atomic E-state index is 4.46. The third-order valence-corrected chi connectivity index (χ3v) is 6.19. The summed E-state index contributed by atoms with van der Waals surface area (Å²) in [6.45, 7) is 4.55. The first-order valence-electron chi connectivity index (χ1n) is 8.05. The molecule has 0 radical (unpaired) electrons. The first-order valence-corrected chi connectivity index (χ1v) is 9.72. The molecule has 0 fully saturated rings. The quantitative estimate of drug-likeness (QED) is 0.599. The average Bonchev–Trinajstić information content (AvgIpc) is 2.93. The molecule has 3 aromatic rings. The lowest BCUT2D eigenvalue weighted by atomic mass is 10.0. The van der Waals surface area contributed by atoms with E-state index in [1.54, 1.807) is 11.3 Å². The van der Waals surface area contributed by atoms with E-state index in [9.17, 15) is 0 Å². The van der Waals surface area contributed by atoms with E-state index in [1.165, 1.54) is 25.9 Å². The molecule has 2 heterocycles. The van der Waals surface area contributed by atoms with Gasteiger partial charge in [0.05, 0.1) is 15.7 Å². The number of halogens is 1. The van der Waals surface area contributed by atoms with Crippen molar-refractivity contribution in [1.82, 2.24) is 9.88 Å². The molecular formula is C19H19BrN2S. The van der Waals surface area contributed by atoms with Gasteiger partial charge in [-0.2, -0.15) is 0 Å². The van der Waals surface area contributed by atoms with E-state index in [1.807, 2.05) is 5.51 Å². The zero-order valence-corrected chi connectivity index (χ0v) is 15.5. The maximum Gasteiger partial charge on any atom is 0.0815 e. The van der Waals surface area contributed by atoms with Crippen molar-refractivity contribution in [2.45, 2.75) is 25.8 Å². The summed E-state index contributed by atoms with van der Waals surface area (Å²) in [4.78, 5) is 7.06. The molecule has 0 aliphatic carbocycles. The summed E-state index contributed by atoms with van der Waals surface area (Å²) in [6, 6.07) is 13.9. The molecule has 1 aromatic heterocycles. The lowest BCUT2D eigenvalue weighted by Crippen LogP contribution is -2.29. The summed E-state index contributed by atoms with van der Waals surface area (Å²) in [5.41, 5.74) is 7.42. The first-order chi connectivity index (χ1) is 11.2. The highest BCUT2D eigenvalue weighted by Gasteiger charge is 2.20. The van der Waals surface area contributed by atoms with Crippen LogP contribution in [0.4, 0.5) is 0 Å². The largest absolute Gasteiger partial charge is 0.296 e. The van der Waals surface area contributed by atoms with Gasteiger partial charge in [-0.05, 0) is 60.7 Å². The van der Waals surface area contributed by atoms with Crippen molar-refractivity contribution in [3.05, 3.63) is 63.1 Å². The molecule has 1 unspecified atom stereocenters. The Morgan fingerprint density at radius 2 is 1.91 bits per heavy atom. The van der Waals surface area contributed by atoms with Gasteiger partial charge in [0, 0.05) is 23.6 Å². The van der Waals surface area contributed by atoms with Crippen LogP contribution in [0.2, 0.25) is 0 Å². The summed E-state index contributed by atoms with van der Waals surface area (Å²) >= 11 is 5.31. The molecule has 4 heteroatoms. The first kappa shape index (κ1) is 15.3. The molecule has 1 atom stereocenters. The second kappa shape index (κ2) is 6.34.